The van der Waals surface area contributed by atoms with Crippen molar-refractivity contribution in [2.75, 3.05) is 23.3 Å². The van der Waals surface area contributed by atoms with Gasteiger partial charge in [0.05, 0.1) is 28.2 Å². The molecular weight excluding hydrogens is 434 g/mol. The van der Waals surface area contributed by atoms with Crippen LogP contribution in [0.1, 0.15) is 18.7 Å². The predicted octanol–water partition coefficient (Wildman–Crippen LogP) is 2.32. The number of H-pyrrole nitrogens is 1. The normalized spacial score (nSPS) is 21.3. The minimum atomic E-state index is 0.437. The molecule has 3 aromatic heterocycles. The Bertz CT molecular complexity index is 1160. The zero-order valence-corrected chi connectivity index (χ0v) is 17.2. The summed E-state index contributed by atoms with van der Waals surface area (Å²) in [6.45, 7) is 2.45. The number of rotatable bonds is 4. The number of para-hydroxylation sites is 2. The number of nitrogens with zero attached hydrogens (tertiary/aromatic N) is 6. The quantitative estimate of drug-likeness (QED) is 0.435. The molecule has 0 amide bonds. The van der Waals surface area contributed by atoms with Crippen molar-refractivity contribution in [3.05, 3.63) is 40.8 Å². The number of aromatic amines is 1. The molecular formula is C19H20BrN9. The summed E-state index contributed by atoms with van der Waals surface area (Å²) < 4.78 is 2.59. The van der Waals surface area contributed by atoms with E-state index in [4.69, 9.17) is 9.97 Å². The highest BCUT2D eigenvalue weighted by atomic mass is 79.9. The number of halogens is 1. The molecule has 9 nitrogen and oxygen atoms in total. The van der Waals surface area contributed by atoms with Crippen molar-refractivity contribution in [2.24, 2.45) is 0 Å². The molecule has 6 heterocycles. The standard InChI is InChI=1S/C19H20BrN9/c20-13-8-23-29-17(13)26-19(28-10-11-5-6-12(28)7-21-11)27-18(29)22-9-16-24-14-3-1-2-4-15(14)25-16/h1-4,8,11-12,21H,5-7,9-10H2,(H,24,25)(H,22,26,27). The molecule has 4 aromatic rings. The Hall–Kier alpha value is -2.72. The van der Waals surface area contributed by atoms with E-state index in [0.29, 0.717) is 24.6 Å². The van der Waals surface area contributed by atoms with Crippen LogP contribution in [0.15, 0.2) is 34.9 Å². The first kappa shape index (κ1) is 17.2. The molecule has 1 aromatic carbocycles. The molecule has 3 aliphatic heterocycles. The first-order chi connectivity index (χ1) is 14.2. The van der Waals surface area contributed by atoms with Gasteiger partial charge in [-0.15, -0.1) is 0 Å². The van der Waals surface area contributed by atoms with Crippen molar-refractivity contribution in [1.29, 1.82) is 0 Å². The van der Waals surface area contributed by atoms with Gasteiger partial charge in [-0.3, -0.25) is 0 Å². The van der Waals surface area contributed by atoms with Crippen molar-refractivity contribution in [3.63, 3.8) is 0 Å². The molecule has 3 aliphatic rings. The van der Waals surface area contributed by atoms with Crippen molar-refractivity contribution < 1.29 is 0 Å². The van der Waals surface area contributed by atoms with Crippen LogP contribution in [-0.2, 0) is 6.54 Å². The highest BCUT2D eigenvalue weighted by Crippen LogP contribution is 2.28. The number of aromatic nitrogens is 6. The molecule has 29 heavy (non-hydrogen) atoms. The van der Waals surface area contributed by atoms with E-state index in [1.54, 1.807) is 10.7 Å². The highest BCUT2D eigenvalue weighted by molar-refractivity contribution is 9.10. The van der Waals surface area contributed by atoms with Crippen molar-refractivity contribution in [2.45, 2.75) is 31.5 Å². The largest absolute Gasteiger partial charge is 0.347 e. The SMILES string of the molecule is Brc1cnn2c(NCc3nc4ccccc4[nH]3)nc(N3CC4CCC3CN4)nc12. The van der Waals surface area contributed by atoms with E-state index < -0.39 is 0 Å². The molecule has 0 saturated carbocycles. The molecule has 3 fully saturated rings. The number of piperidine rings is 2. The minimum Gasteiger partial charge on any atom is -0.347 e. The molecule has 0 aliphatic carbocycles. The van der Waals surface area contributed by atoms with E-state index in [2.05, 4.69) is 46.5 Å². The van der Waals surface area contributed by atoms with Crippen LogP contribution in [0.3, 0.4) is 0 Å². The lowest BCUT2D eigenvalue weighted by molar-refractivity contribution is 0.287. The average Bonchev–Trinajstić information content (AvgIpc) is 3.36. The monoisotopic (exact) mass is 453 g/mol. The topological polar surface area (TPSA) is 99.1 Å². The fraction of sp³-hybridized carbons (Fsp3) is 0.368. The Morgan fingerprint density at radius 1 is 1.17 bits per heavy atom. The summed E-state index contributed by atoms with van der Waals surface area (Å²) in [6, 6.07) is 8.97. The van der Waals surface area contributed by atoms with Gasteiger partial charge in [0, 0.05) is 25.2 Å². The summed E-state index contributed by atoms with van der Waals surface area (Å²) in [5, 5.41) is 11.4. The summed E-state index contributed by atoms with van der Waals surface area (Å²) >= 11 is 3.57. The number of hydrogen-bond acceptors (Lipinski definition) is 7. The number of anilines is 2. The maximum atomic E-state index is 4.84. The van der Waals surface area contributed by atoms with Gasteiger partial charge in [0.15, 0.2) is 5.65 Å². The van der Waals surface area contributed by atoms with Gasteiger partial charge in [0.25, 0.3) is 0 Å². The lowest BCUT2D eigenvalue weighted by atomic mass is 9.93. The van der Waals surface area contributed by atoms with Gasteiger partial charge in [-0.25, -0.2) is 4.98 Å². The average molecular weight is 454 g/mol. The number of benzene rings is 1. The van der Waals surface area contributed by atoms with E-state index in [-0.39, 0.29) is 0 Å². The third-order valence-electron chi connectivity index (χ3n) is 5.77. The Morgan fingerprint density at radius 2 is 2.10 bits per heavy atom. The van der Waals surface area contributed by atoms with Crippen LogP contribution in [0.25, 0.3) is 16.7 Å². The fourth-order valence-electron chi connectivity index (χ4n) is 4.29. The van der Waals surface area contributed by atoms with E-state index in [0.717, 1.165) is 46.0 Å². The van der Waals surface area contributed by atoms with Gasteiger partial charge in [0.1, 0.15) is 5.82 Å². The third-order valence-corrected chi connectivity index (χ3v) is 6.33. The smallest absolute Gasteiger partial charge is 0.231 e. The maximum Gasteiger partial charge on any atom is 0.231 e. The number of nitrogens with one attached hydrogen (secondary N) is 3. The Kier molecular flexibility index (Phi) is 3.95. The maximum absolute atomic E-state index is 4.84. The molecule has 7 rings (SSSR count). The number of piperazine rings is 1. The van der Waals surface area contributed by atoms with Crippen LogP contribution >= 0.6 is 15.9 Å². The molecule has 10 heteroatoms. The lowest BCUT2D eigenvalue weighted by Crippen LogP contribution is -2.61. The third kappa shape index (κ3) is 2.94. The predicted molar refractivity (Wildman–Crippen MR) is 114 cm³/mol. The molecule has 2 unspecified atom stereocenters. The highest BCUT2D eigenvalue weighted by Gasteiger charge is 2.35. The van der Waals surface area contributed by atoms with Crippen molar-refractivity contribution in [3.8, 4) is 0 Å². The summed E-state index contributed by atoms with van der Waals surface area (Å²) in [4.78, 5) is 20.0. The molecule has 0 radical (unpaired) electrons. The first-order valence-corrected chi connectivity index (χ1v) is 10.6. The van der Waals surface area contributed by atoms with Crippen LogP contribution in [0, 0.1) is 0 Å². The molecule has 2 bridgehead atoms. The number of fused-ring (bicyclic) bond motifs is 5. The molecule has 0 spiro atoms. The first-order valence-electron chi connectivity index (χ1n) is 9.83. The molecule has 2 atom stereocenters. The Morgan fingerprint density at radius 3 is 2.90 bits per heavy atom. The van der Waals surface area contributed by atoms with Crippen LogP contribution in [0.4, 0.5) is 11.9 Å². The van der Waals surface area contributed by atoms with Crippen LogP contribution in [-0.4, -0.2) is 54.7 Å². The van der Waals surface area contributed by atoms with Gasteiger partial charge in [-0.1, -0.05) is 12.1 Å². The van der Waals surface area contributed by atoms with Gasteiger partial charge in [-0.05, 0) is 40.9 Å². The number of imidazole rings is 1. The fourth-order valence-corrected chi connectivity index (χ4v) is 4.64. The van der Waals surface area contributed by atoms with Crippen molar-refractivity contribution >= 4 is 44.5 Å². The summed E-state index contributed by atoms with van der Waals surface area (Å²) in [5.74, 6) is 2.26. The Labute approximate surface area is 175 Å². The molecule has 148 valence electrons. The summed E-state index contributed by atoms with van der Waals surface area (Å²) in [7, 11) is 0. The van der Waals surface area contributed by atoms with Crippen molar-refractivity contribution in [1.82, 2.24) is 34.9 Å². The summed E-state index contributed by atoms with van der Waals surface area (Å²) in [6.07, 6.45) is 4.15. The second kappa shape index (κ2) is 6.67. The van der Waals surface area contributed by atoms with Gasteiger partial charge >= 0.3 is 0 Å². The lowest BCUT2D eigenvalue weighted by Gasteiger charge is -2.45. The van der Waals surface area contributed by atoms with E-state index in [9.17, 15) is 0 Å². The van der Waals surface area contributed by atoms with Gasteiger partial charge < -0.3 is 20.5 Å². The van der Waals surface area contributed by atoms with Crippen LogP contribution < -0.4 is 15.5 Å². The zero-order chi connectivity index (χ0) is 19.4. The van der Waals surface area contributed by atoms with E-state index in [1.807, 2.05) is 24.3 Å². The van der Waals surface area contributed by atoms with Gasteiger partial charge in [0.2, 0.25) is 11.9 Å². The van der Waals surface area contributed by atoms with Crippen LogP contribution in [0.2, 0.25) is 0 Å². The van der Waals surface area contributed by atoms with Gasteiger partial charge in [-0.2, -0.15) is 19.6 Å². The van der Waals surface area contributed by atoms with E-state index in [1.165, 1.54) is 12.8 Å². The van der Waals surface area contributed by atoms with Crippen LogP contribution in [0.5, 0.6) is 0 Å². The van der Waals surface area contributed by atoms with E-state index >= 15 is 0 Å². The summed E-state index contributed by atoms with van der Waals surface area (Å²) in [5.41, 5.74) is 2.74. The number of hydrogen-bond donors (Lipinski definition) is 3. The Balaban J connectivity index is 1.34. The second-order valence-electron chi connectivity index (χ2n) is 7.62. The zero-order valence-electron chi connectivity index (χ0n) is 15.6. The minimum absolute atomic E-state index is 0.437. The second-order valence-corrected chi connectivity index (χ2v) is 8.47. The molecule has 3 saturated heterocycles. The molecule has 3 N–H and O–H groups in total.